The minimum atomic E-state index is -1.17. The molecule has 0 saturated heterocycles. The molecule has 6 nitrogen and oxygen atoms in total. The number of para-hydroxylation sites is 1. The zero-order valence-corrected chi connectivity index (χ0v) is 19.4. The topological polar surface area (TPSA) is 70.4 Å². The summed E-state index contributed by atoms with van der Waals surface area (Å²) in [5.74, 6) is -0.951. The van der Waals surface area contributed by atoms with Crippen LogP contribution in [0.2, 0.25) is 30.0 Å². The maximum absolute atomic E-state index is 13.1. The molecule has 3 aromatic rings. The van der Waals surface area contributed by atoms with E-state index < -0.39 is 14.0 Å². The van der Waals surface area contributed by atoms with E-state index in [2.05, 4.69) is 29.4 Å². The molecule has 0 aliphatic heterocycles. The Morgan fingerprint density at radius 1 is 1.24 bits per heavy atom. The van der Waals surface area contributed by atoms with Crippen molar-refractivity contribution in [2.75, 3.05) is 13.7 Å². The Bertz CT molecular complexity index is 1050. The monoisotopic (exact) mass is 450 g/mol. The second-order valence-electron chi connectivity index (χ2n) is 7.84. The molecular formula is C20H23ClN2O4SSi. The minimum Gasteiger partial charge on any atom is -0.464 e. The van der Waals surface area contributed by atoms with Gasteiger partial charge in [0.1, 0.15) is 11.1 Å². The number of carbonyl (C=O) groups excluding carboxylic acids is 2. The molecule has 2 aromatic heterocycles. The number of aromatic nitrogens is 2. The fourth-order valence-corrected chi connectivity index (χ4v) is 4.64. The number of ketones is 1. The third kappa shape index (κ3) is 4.95. The Hall–Kier alpha value is -2.00. The average Bonchev–Trinajstić information content (AvgIpc) is 3.24. The number of methoxy groups -OCH3 is 1. The van der Waals surface area contributed by atoms with Gasteiger partial charge < -0.3 is 14.0 Å². The van der Waals surface area contributed by atoms with Gasteiger partial charge in [-0.05, 0) is 12.1 Å². The molecule has 1 aromatic carbocycles. The lowest BCUT2D eigenvalue weighted by Crippen LogP contribution is -2.21. The van der Waals surface area contributed by atoms with E-state index >= 15 is 0 Å². The number of esters is 1. The van der Waals surface area contributed by atoms with Crippen LogP contribution in [0.4, 0.5) is 0 Å². The second kappa shape index (κ2) is 8.79. The Morgan fingerprint density at radius 3 is 2.66 bits per heavy atom. The van der Waals surface area contributed by atoms with Gasteiger partial charge >= 0.3 is 5.97 Å². The second-order valence-corrected chi connectivity index (χ2v) is 15.1. The lowest BCUT2D eigenvalue weighted by Gasteiger charge is -2.15. The normalized spacial score (nSPS) is 11.8. The van der Waals surface area contributed by atoms with Crippen LogP contribution in [0.25, 0.3) is 10.9 Å². The number of carbonyl (C=O) groups is 2. The molecule has 9 heteroatoms. The molecule has 0 spiro atoms. The van der Waals surface area contributed by atoms with Gasteiger partial charge in [-0.2, -0.15) is 0 Å². The summed E-state index contributed by atoms with van der Waals surface area (Å²) in [4.78, 5) is 29.0. The number of nitrogens with zero attached hydrogens (tertiary/aromatic N) is 2. The highest BCUT2D eigenvalue weighted by Crippen LogP contribution is 2.29. The smallest absolute Gasteiger partial charge is 0.359 e. The summed E-state index contributed by atoms with van der Waals surface area (Å²) < 4.78 is 12.6. The molecule has 0 N–H and O–H groups in total. The van der Waals surface area contributed by atoms with E-state index in [0.717, 1.165) is 28.3 Å². The molecule has 0 unspecified atom stereocenters. The highest BCUT2D eigenvalue weighted by molar-refractivity contribution is 7.18. The number of thiazole rings is 1. The lowest BCUT2D eigenvalue weighted by atomic mass is 10.1. The standard InChI is InChI=1S/C20H23ClN2O4SSi/c1-26-20(25)16-18(21)28-19(22-16)17(24)14-11-23(12-27-9-10-29(2,3)4)15-8-6-5-7-13(14)15/h5-8,11H,9-10,12H2,1-4H3. The van der Waals surface area contributed by atoms with Gasteiger partial charge in [0, 0.05) is 26.3 Å². The van der Waals surface area contributed by atoms with Gasteiger partial charge in [0.05, 0.1) is 18.2 Å². The molecule has 2 heterocycles. The first-order chi connectivity index (χ1) is 13.7. The number of hydrogen-bond donors (Lipinski definition) is 0. The number of fused-ring (bicyclic) bond motifs is 1. The first kappa shape index (κ1) is 21.7. The third-order valence-corrected chi connectivity index (χ3v) is 7.38. The maximum atomic E-state index is 13.1. The summed E-state index contributed by atoms with van der Waals surface area (Å²) >= 11 is 7.05. The van der Waals surface area contributed by atoms with Crippen LogP contribution in [0.15, 0.2) is 30.5 Å². The average molecular weight is 451 g/mol. The molecule has 0 bridgehead atoms. The summed E-state index contributed by atoms with van der Waals surface area (Å²) in [6.07, 6.45) is 1.77. The van der Waals surface area contributed by atoms with Gasteiger partial charge in [-0.15, -0.1) is 0 Å². The van der Waals surface area contributed by atoms with Crippen LogP contribution in [0, 0.1) is 0 Å². The van der Waals surface area contributed by atoms with Crippen LogP contribution in [-0.4, -0.2) is 43.1 Å². The van der Waals surface area contributed by atoms with Crippen molar-refractivity contribution < 1.29 is 19.1 Å². The molecule has 0 radical (unpaired) electrons. The van der Waals surface area contributed by atoms with Crippen molar-refractivity contribution in [3.8, 4) is 0 Å². The van der Waals surface area contributed by atoms with Crippen molar-refractivity contribution >= 4 is 53.7 Å². The summed E-state index contributed by atoms with van der Waals surface area (Å²) in [6, 6.07) is 8.71. The molecular weight excluding hydrogens is 428 g/mol. The number of halogens is 1. The SMILES string of the molecule is COC(=O)c1nc(C(=O)c2cn(COCC[Si](C)(C)C)c3ccccc23)sc1Cl. The highest BCUT2D eigenvalue weighted by Gasteiger charge is 2.24. The molecule has 0 amide bonds. The molecule has 0 atom stereocenters. The Kier molecular flexibility index (Phi) is 6.57. The van der Waals surface area contributed by atoms with Crippen molar-refractivity contribution in [2.24, 2.45) is 0 Å². The summed E-state index contributed by atoms with van der Waals surface area (Å²) in [7, 11) is 0.0783. The summed E-state index contributed by atoms with van der Waals surface area (Å²) in [5, 5.41) is 0.954. The van der Waals surface area contributed by atoms with Gasteiger partial charge in [-0.25, -0.2) is 9.78 Å². The zero-order valence-electron chi connectivity index (χ0n) is 16.8. The van der Waals surface area contributed by atoms with Crippen molar-refractivity contribution in [3.05, 3.63) is 51.1 Å². The quantitative estimate of drug-likeness (QED) is 0.207. The fraction of sp³-hybridized carbons (Fsp3) is 0.350. The van der Waals surface area contributed by atoms with Gasteiger partial charge in [0.2, 0.25) is 5.78 Å². The third-order valence-electron chi connectivity index (χ3n) is 4.42. The molecule has 3 rings (SSSR count). The van der Waals surface area contributed by atoms with E-state index in [1.54, 1.807) is 6.20 Å². The van der Waals surface area contributed by atoms with Gasteiger partial charge in [-0.3, -0.25) is 4.79 Å². The van der Waals surface area contributed by atoms with Gasteiger partial charge in [0.25, 0.3) is 0 Å². The van der Waals surface area contributed by atoms with E-state index in [1.165, 1.54) is 7.11 Å². The summed E-state index contributed by atoms with van der Waals surface area (Å²) in [6.45, 7) is 7.97. The largest absolute Gasteiger partial charge is 0.464 e. The number of hydrogen-bond acceptors (Lipinski definition) is 6. The number of benzene rings is 1. The number of ether oxygens (including phenoxy) is 2. The van der Waals surface area contributed by atoms with Crippen LogP contribution in [0.3, 0.4) is 0 Å². The molecule has 0 saturated carbocycles. The minimum absolute atomic E-state index is 0.0408. The van der Waals surface area contributed by atoms with Crippen molar-refractivity contribution in [2.45, 2.75) is 32.4 Å². The van der Waals surface area contributed by atoms with Gasteiger partial charge in [-0.1, -0.05) is 60.8 Å². The van der Waals surface area contributed by atoms with Gasteiger partial charge in [0.15, 0.2) is 10.7 Å². The van der Waals surface area contributed by atoms with Crippen molar-refractivity contribution in [1.29, 1.82) is 0 Å². The Labute approximate surface area is 179 Å². The lowest BCUT2D eigenvalue weighted by molar-refractivity contribution is 0.0595. The first-order valence-corrected chi connectivity index (χ1v) is 14.1. The fourth-order valence-electron chi connectivity index (χ4n) is 2.81. The van der Waals surface area contributed by atoms with E-state index in [4.69, 9.17) is 16.3 Å². The predicted molar refractivity (Wildman–Crippen MR) is 118 cm³/mol. The Balaban J connectivity index is 1.88. The van der Waals surface area contributed by atoms with Crippen LogP contribution >= 0.6 is 22.9 Å². The van der Waals surface area contributed by atoms with E-state index in [0.29, 0.717) is 18.9 Å². The first-order valence-electron chi connectivity index (χ1n) is 9.16. The van der Waals surface area contributed by atoms with E-state index in [9.17, 15) is 9.59 Å². The molecule has 0 aliphatic rings. The molecule has 154 valence electrons. The van der Waals surface area contributed by atoms with E-state index in [-0.39, 0.29) is 20.8 Å². The molecule has 29 heavy (non-hydrogen) atoms. The van der Waals surface area contributed by atoms with Crippen molar-refractivity contribution in [3.63, 3.8) is 0 Å². The van der Waals surface area contributed by atoms with Crippen LogP contribution in [0.1, 0.15) is 25.9 Å². The number of rotatable bonds is 8. The van der Waals surface area contributed by atoms with Crippen LogP contribution < -0.4 is 0 Å². The Morgan fingerprint density at radius 2 is 1.97 bits per heavy atom. The van der Waals surface area contributed by atoms with Crippen LogP contribution in [-0.2, 0) is 16.2 Å². The molecule has 0 aliphatic carbocycles. The highest BCUT2D eigenvalue weighted by atomic mass is 35.5. The van der Waals surface area contributed by atoms with Crippen molar-refractivity contribution in [1.82, 2.24) is 9.55 Å². The predicted octanol–water partition coefficient (Wildman–Crippen LogP) is 5.08. The zero-order chi connectivity index (χ0) is 21.2. The summed E-state index contributed by atoms with van der Waals surface area (Å²) in [5.41, 5.74) is 1.36. The van der Waals surface area contributed by atoms with E-state index in [1.807, 2.05) is 28.8 Å². The van der Waals surface area contributed by atoms with Crippen LogP contribution in [0.5, 0.6) is 0 Å². The maximum Gasteiger partial charge on any atom is 0.359 e. The molecule has 0 fully saturated rings.